The van der Waals surface area contributed by atoms with Crippen LogP contribution in [-0.4, -0.2) is 9.97 Å². The zero-order chi connectivity index (χ0) is 13.5. The molecule has 96 valence electrons. The maximum Gasteiger partial charge on any atom is 0.416 e. The number of rotatable bonds is 1. The Bertz CT molecular complexity index is 711. The fraction of sp³-hybridized carbons (Fsp3) is 0.0714. The molecule has 1 N–H and O–H groups in total. The van der Waals surface area contributed by atoms with Crippen molar-refractivity contribution in [1.82, 2.24) is 9.97 Å². The van der Waals surface area contributed by atoms with Gasteiger partial charge >= 0.3 is 6.18 Å². The van der Waals surface area contributed by atoms with E-state index in [9.17, 15) is 13.2 Å². The van der Waals surface area contributed by atoms with Crippen LogP contribution in [0.1, 0.15) is 5.56 Å². The van der Waals surface area contributed by atoms with Gasteiger partial charge in [-0.25, -0.2) is 0 Å². The number of nitrogens with one attached hydrogen (secondary N) is 1. The minimum absolute atomic E-state index is 0.649. The molecule has 2 aromatic heterocycles. The lowest BCUT2D eigenvalue weighted by Crippen LogP contribution is -2.03. The maximum absolute atomic E-state index is 12.5. The lowest BCUT2D eigenvalue weighted by molar-refractivity contribution is -0.137. The van der Waals surface area contributed by atoms with Crippen LogP contribution < -0.4 is 0 Å². The van der Waals surface area contributed by atoms with Crippen molar-refractivity contribution in [3.8, 4) is 11.1 Å². The minimum atomic E-state index is -4.31. The number of aromatic amines is 1. The van der Waals surface area contributed by atoms with Gasteiger partial charge in [-0.1, -0.05) is 12.1 Å². The summed E-state index contributed by atoms with van der Waals surface area (Å²) >= 11 is 0. The molecule has 0 radical (unpaired) electrons. The molecule has 0 spiro atoms. The molecule has 2 nitrogen and oxygen atoms in total. The quantitative estimate of drug-likeness (QED) is 0.697. The number of alkyl halides is 3. The summed E-state index contributed by atoms with van der Waals surface area (Å²) in [5.41, 5.74) is 2.46. The second kappa shape index (κ2) is 4.12. The van der Waals surface area contributed by atoms with Gasteiger partial charge in [-0.3, -0.25) is 4.98 Å². The summed E-state index contributed by atoms with van der Waals surface area (Å²) in [4.78, 5) is 7.28. The van der Waals surface area contributed by atoms with E-state index in [1.807, 2.05) is 6.07 Å². The molecule has 0 fully saturated rings. The van der Waals surface area contributed by atoms with E-state index in [0.717, 1.165) is 28.7 Å². The Morgan fingerprint density at radius 2 is 1.74 bits per heavy atom. The van der Waals surface area contributed by atoms with Crippen molar-refractivity contribution in [2.24, 2.45) is 0 Å². The predicted octanol–water partition coefficient (Wildman–Crippen LogP) is 4.25. The second-order valence-electron chi connectivity index (χ2n) is 4.18. The standard InChI is InChI=1S/C14H9F3N2/c15-14(16,17)10-5-3-9(4-6-10)11-8-19-12-2-1-7-18-13(11)12/h1-8,19H. The average Bonchev–Trinajstić information content (AvgIpc) is 2.82. The van der Waals surface area contributed by atoms with Crippen LogP contribution in [0.25, 0.3) is 22.2 Å². The van der Waals surface area contributed by atoms with Crippen LogP contribution >= 0.6 is 0 Å². The Balaban J connectivity index is 2.07. The van der Waals surface area contributed by atoms with Gasteiger partial charge < -0.3 is 4.98 Å². The van der Waals surface area contributed by atoms with Crippen molar-refractivity contribution in [2.75, 3.05) is 0 Å². The Morgan fingerprint density at radius 3 is 2.42 bits per heavy atom. The van der Waals surface area contributed by atoms with E-state index in [1.54, 1.807) is 18.5 Å². The summed E-state index contributed by atoms with van der Waals surface area (Å²) < 4.78 is 37.5. The van der Waals surface area contributed by atoms with Gasteiger partial charge in [0.2, 0.25) is 0 Å². The topological polar surface area (TPSA) is 28.7 Å². The molecule has 0 saturated heterocycles. The van der Waals surface area contributed by atoms with E-state index in [4.69, 9.17) is 0 Å². The highest BCUT2D eigenvalue weighted by Crippen LogP contribution is 2.32. The largest absolute Gasteiger partial charge is 0.416 e. The Kier molecular flexibility index (Phi) is 2.55. The van der Waals surface area contributed by atoms with Crippen LogP contribution in [0.4, 0.5) is 13.2 Å². The van der Waals surface area contributed by atoms with Gasteiger partial charge in [0.1, 0.15) is 0 Å². The monoisotopic (exact) mass is 262 g/mol. The van der Waals surface area contributed by atoms with E-state index in [0.29, 0.717) is 5.56 Å². The average molecular weight is 262 g/mol. The zero-order valence-corrected chi connectivity index (χ0v) is 9.70. The molecule has 5 heteroatoms. The highest BCUT2D eigenvalue weighted by molar-refractivity contribution is 5.92. The van der Waals surface area contributed by atoms with Crippen molar-refractivity contribution < 1.29 is 13.2 Å². The van der Waals surface area contributed by atoms with Crippen molar-refractivity contribution in [1.29, 1.82) is 0 Å². The first-order valence-electron chi connectivity index (χ1n) is 5.65. The first kappa shape index (κ1) is 11.8. The van der Waals surface area contributed by atoms with Crippen LogP contribution in [0.5, 0.6) is 0 Å². The van der Waals surface area contributed by atoms with Crippen LogP contribution in [-0.2, 0) is 6.18 Å². The third-order valence-electron chi connectivity index (χ3n) is 2.96. The lowest BCUT2D eigenvalue weighted by atomic mass is 10.1. The molecule has 19 heavy (non-hydrogen) atoms. The lowest BCUT2D eigenvalue weighted by Gasteiger charge is -2.07. The van der Waals surface area contributed by atoms with Crippen LogP contribution in [0.2, 0.25) is 0 Å². The van der Waals surface area contributed by atoms with Crippen LogP contribution in [0, 0.1) is 0 Å². The first-order chi connectivity index (χ1) is 9.05. The number of aromatic nitrogens is 2. The van der Waals surface area contributed by atoms with Gasteiger partial charge in [-0.05, 0) is 29.8 Å². The highest BCUT2D eigenvalue weighted by atomic mass is 19.4. The van der Waals surface area contributed by atoms with E-state index in [1.165, 1.54) is 12.1 Å². The molecule has 1 aromatic carbocycles. The number of fused-ring (bicyclic) bond motifs is 1. The Hall–Kier alpha value is -2.30. The minimum Gasteiger partial charge on any atom is -0.359 e. The smallest absolute Gasteiger partial charge is 0.359 e. The van der Waals surface area contributed by atoms with Gasteiger partial charge in [-0.15, -0.1) is 0 Å². The van der Waals surface area contributed by atoms with Gasteiger partial charge in [-0.2, -0.15) is 13.2 Å². The molecule has 0 amide bonds. The molecule has 0 aliphatic heterocycles. The van der Waals surface area contributed by atoms with E-state index >= 15 is 0 Å². The fourth-order valence-electron chi connectivity index (χ4n) is 2.01. The number of hydrogen-bond acceptors (Lipinski definition) is 1. The molecule has 0 unspecified atom stereocenters. The summed E-state index contributed by atoms with van der Waals surface area (Å²) in [7, 11) is 0. The molecule has 2 heterocycles. The molecule has 0 saturated carbocycles. The molecular formula is C14H9F3N2. The summed E-state index contributed by atoms with van der Waals surface area (Å²) in [6.45, 7) is 0. The predicted molar refractivity (Wildman–Crippen MR) is 66.5 cm³/mol. The molecule has 3 aromatic rings. The van der Waals surface area contributed by atoms with Gasteiger partial charge in [0.25, 0.3) is 0 Å². The third kappa shape index (κ3) is 2.07. The maximum atomic E-state index is 12.5. The summed E-state index contributed by atoms with van der Waals surface area (Å²) in [6.07, 6.45) is -0.902. The molecule has 0 aliphatic carbocycles. The molecule has 0 aliphatic rings. The number of pyridine rings is 1. The van der Waals surface area contributed by atoms with Crippen molar-refractivity contribution >= 4 is 11.0 Å². The highest BCUT2D eigenvalue weighted by Gasteiger charge is 2.30. The normalized spacial score (nSPS) is 11.9. The van der Waals surface area contributed by atoms with Gasteiger partial charge in [0.05, 0.1) is 16.6 Å². The van der Waals surface area contributed by atoms with Crippen molar-refractivity contribution in [3.63, 3.8) is 0 Å². The van der Waals surface area contributed by atoms with Gasteiger partial charge in [0, 0.05) is 18.0 Å². The van der Waals surface area contributed by atoms with Gasteiger partial charge in [0.15, 0.2) is 0 Å². The van der Waals surface area contributed by atoms with E-state index < -0.39 is 11.7 Å². The number of benzene rings is 1. The second-order valence-corrected chi connectivity index (χ2v) is 4.18. The molecular weight excluding hydrogens is 253 g/mol. The molecule has 0 bridgehead atoms. The number of hydrogen-bond donors (Lipinski definition) is 1. The fourth-order valence-corrected chi connectivity index (χ4v) is 2.01. The number of H-pyrrole nitrogens is 1. The van der Waals surface area contributed by atoms with Crippen LogP contribution in [0.15, 0.2) is 48.8 Å². The Morgan fingerprint density at radius 1 is 1.00 bits per heavy atom. The van der Waals surface area contributed by atoms with Crippen molar-refractivity contribution in [2.45, 2.75) is 6.18 Å². The third-order valence-corrected chi connectivity index (χ3v) is 2.96. The SMILES string of the molecule is FC(F)(F)c1ccc(-c2c[nH]c3cccnc23)cc1. The Labute approximate surface area is 106 Å². The van der Waals surface area contributed by atoms with Crippen LogP contribution in [0.3, 0.4) is 0 Å². The summed E-state index contributed by atoms with van der Waals surface area (Å²) in [6, 6.07) is 8.75. The molecule has 3 rings (SSSR count). The zero-order valence-electron chi connectivity index (χ0n) is 9.70. The summed E-state index contributed by atoms with van der Waals surface area (Å²) in [5.74, 6) is 0. The summed E-state index contributed by atoms with van der Waals surface area (Å²) in [5, 5.41) is 0. The van der Waals surface area contributed by atoms with E-state index in [-0.39, 0.29) is 0 Å². The van der Waals surface area contributed by atoms with E-state index in [2.05, 4.69) is 9.97 Å². The number of nitrogens with zero attached hydrogens (tertiary/aromatic N) is 1. The molecule has 0 atom stereocenters. The first-order valence-corrected chi connectivity index (χ1v) is 5.65. The number of halogens is 3. The van der Waals surface area contributed by atoms with Crippen molar-refractivity contribution in [3.05, 3.63) is 54.4 Å².